The monoisotopic (exact) mass is 371 g/mol. The molecule has 0 unspecified atom stereocenters. The van der Waals surface area contributed by atoms with Gasteiger partial charge in [-0.25, -0.2) is 10.1 Å². The number of hydrogen-bond donors (Lipinski definition) is 1. The molecule has 0 bridgehead atoms. The van der Waals surface area contributed by atoms with Gasteiger partial charge in [0.1, 0.15) is 17.1 Å². The first-order valence-electron chi connectivity index (χ1n) is 8.82. The average molecular weight is 371 g/mol. The number of aromatic nitrogens is 3. The molecule has 1 aliphatic rings. The molecule has 26 heavy (non-hydrogen) atoms. The van der Waals surface area contributed by atoms with E-state index in [9.17, 15) is 4.79 Å². The molecule has 3 aromatic rings. The largest absolute Gasteiger partial charge is 0.492 e. The summed E-state index contributed by atoms with van der Waals surface area (Å²) in [6.07, 6.45) is 1.01. The van der Waals surface area contributed by atoms with Gasteiger partial charge in [-0.2, -0.15) is 5.10 Å². The van der Waals surface area contributed by atoms with Crippen LogP contribution in [0.1, 0.15) is 13.3 Å². The zero-order valence-corrected chi connectivity index (χ0v) is 15.5. The lowest BCUT2D eigenvalue weighted by Gasteiger charge is -2.21. The molecule has 0 spiro atoms. The average Bonchev–Trinajstić information content (AvgIpc) is 2.94. The molecule has 8 heteroatoms. The third-order valence-corrected chi connectivity index (χ3v) is 5.51. The van der Waals surface area contributed by atoms with Gasteiger partial charge in [-0.1, -0.05) is 17.4 Å². The van der Waals surface area contributed by atoms with Gasteiger partial charge in [0.2, 0.25) is 0 Å². The summed E-state index contributed by atoms with van der Waals surface area (Å²) in [5.74, 6) is 1.66. The highest BCUT2D eigenvalue weighted by Gasteiger charge is 2.20. The Morgan fingerprint density at radius 3 is 2.81 bits per heavy atom. The summed E-state index contributed by atoms with van der Waals surface area (Å²) in [4.78, 5) is 20.6. The number of ether oxygens (including phenoxy) is 1. The van der Waals surface area contributed by atoms with Crippen molar-refractivity contribution in [3.63, 3.8) is 0 Å². The second-order valence-corrected chi connectivity index (χ2v) is 7.15. The van der Waals surface area contributed by atoms with E-state index in [0.717, 1.165) is 59.5 Å². The van der Waals surface area contributed by atoms with Crippen molar-refractivity contribution in [3.05, 3.63) is 40.7 Å². The number of anilines is 2. The number of fused-ring (bicyclic) bond motifs is 1. The number of nitrogens with one attached hydrogen (secondary N) is 1. The van der Waals surface area contributed by atoms with E-state index in [4.69, 9.17) is 9.72 Å². The Morgan fingerprint density at radius 1 is 1.15 bits per heavy atom. The first-order valence-corrected chi connectivity index (χ1v) is 9.64. The van der Waals surface area contributed by atoms with E-state index in [1.54, 1.807) is 17.4 Å². The molecule has 7 nitrogen and oxygen atoms in total. The van der Waals surface area contributed by atoms with E-state index in [1.807, 2.05) is 19.1 Å². The molecule has 1 saturated heterocycles. The first-order chi connectivity index (χ1) is 12.7. The number of hydrogen-bond acceptors (Lipinski definition) is 7. The molecule has 0 aliphatic carbocycles. The van der Waals surface area contributed by atoms with Crippen LogP contribution in [0.3, 0.4) is 0 Å². The van der Waals surface area contributed by atoms with E-state index >= 15 is 0 Å². The van der Waals surface area contributed by atoms with Gasteiger partial charge in [-0.15, -0.1) is 0 Å². The maximum atomic E-state index is 11.2. The van der Waals surface area contributed by atoms with Gasteiger partial charge < -0.3 is 14.5 Å². The second-order valence-electron chi connectivity index (χ2n) is 6.14. The fraction of sp³-hybridized carbons (Fsp3) is 0.389. The minimum Gasteiger partial charge on any atom is -0.492 e. The highest BCUT2D eigenvalue weighted by molar-refractivity contribution is 7.22. The molecular formula is C18H21N5O2S. The molecule has 1 fully saturated rings. The van der Waals surface area contributed by atoms with Gasteiger partial charge in [0.15, 0.2) is 5.13 Å². The van der Waals surface area contributed by atoms with Crippen LogP contribution in [0.4, 0.5) is 10.9 Å². The molecule has 3 heterocycles. The minimum absolute atomic E-state index is 0.176. The van der Waals surface area contributed by atoms with E-state index in [2.05, 4.69) is 26.1 Å². The van der Waals surface area contributed by atoms with Crippen LogP contribution in [-0.4, -0.2) is 48.0 Å². The van der Waals surface area contributed by atoms with Crippen LogP contribution >= 0.6 is 11.3 Å². The smallest absolute Gasteiger partial charge is 0.264 e. The summed E-state index contributed by atoms with van der Waals surface area (Å²) in [6.45, 7) is 6.18. The summed E-state index contributed by atoms with van der Waals surface area (Å²) < 4.78 is 6.86. The topological polar surface area (TPSA) is 74.3 Å². The number of nitrogens with zero attached hydrogens (tertiary/aromatic N) is 4. The van der Waals surface area contributed by atoms with E-state index in [0.29, 0.717) is 6.61 Å². The molecular weight excluding hydrogens is 350 g/mol. The van der Waals surface area contributed by atoms with Crippen molar-refractivity contribution in [2.75, 3.05) is 42.6 Å². The van der Waals surface area contributed by atoms with Gasteiger partial charge in [0.05, 0.1) is 11.3 Å². The Bertz CT molecular complexity index is 934. The third-order valence-electron chi connectivity index (χ3n) is 4.43. The van der Waals surface area contributed by atoms with E-state index in [-0.39, 0.29) is 5.56 Å². The Morgan fingerprint density at radius 2 is 2.00 bits per heavy atom. The molecule has 1 aliphatic heterocycles. The Balaban J connectivity index is 1.53. The van der Waals surface area contributed by atoms with Gasteiger partial charge in [0.25, 0.3) is 5.56 Å². The van der Waals surface area contributed by atoms with Crippen molar-refractivity contribution < 1.29 is 4.74 Å². The number of H-pyrrole nitrogens is 1. The molecule has 0 atom stereocenters. The lowest BCUT2D eigenvalue weighted by molar-refractivity contribution is 0.344. The molecule has 136 valence electrons. The van der Waals surface area contributed by atoms with Crippen LogP contribution in [0.25, 0.3) is 10.2 Å². The van der Waals surface area contributed by atoms with Crippen LogP contribution in [-0.2, 0) is 0 Å². The summed E-state index contributed by atoms with van der Waals surface area (Å²) in [6, 6.07) is 9.38. The molecule has 0 saturated carbocycles. The highest BCUT2D eigenvalue weighted by Crippen LogP contribution is 2.34. The maximum Gasteiger partial charge on any atom is 0.264 e. The molecule has 0 radical (unpaired) electrons. The number of rotatable bonds is 4. The summed E-state index contributed by atoms with van der Waals surface area (Å²) in [7, 11) is 0. The van der Waals surface area contributed by atoms with Crippen LogP contribution < -0.4 is 20.1 Å². The summed E-state index contributed by atoms with van der Waals surface area (Å²) >= 11 is 1.71. The van der Waals surface area contributed by atoms with Crippen molar-refractivity contribution >= 4 is 32.5 Å². The molecule has 2 aromatic heterocycles. The van der Waals surface area contributed by atoms with E-state index in [1.165, 1.54) is 6.07 Å². The quantitative estimate of drug-likeness (QED) is 0.760. The van der Waals surface area contributed by atoms with Crippen molar-refractivity contribution in [1.82, 2.24) is 15.2 Å². The van der Waals surface area contributed by atoms with Gasteiger partial charge in [0, 0.05) is 32.2 Å². The summed E-state index contributed by atoms with van der Waals surface area (Å²) in [5.41, 5.74) is 0.766. The summed E-state index contributed by atoms with van der Waals surface area (Å²) in [5, 5.41) is 7.69. The SMILES string of the molecule is CCOc1cccc2sc(N3CCCN(c4ccc(=O)[nH]n4)CC3)nc12. The Kier molecular flexibility index (Phi) is 4.75. The number of aromatic amines is 1. The van der Waals surface area contributed by atoms with Crippen molar-refractivity contribution in [2.24, 2.45) is 0 Å². The Hall–Kier alpha value is -2.61. The fourth-order valence-electron chi connectivity index (χ4n) is 3.17. The minimum atomic E-state index is -0.176. The number of thiazole rings is 1. The first kappa shape index (κ1) is 16.8. The predicted molar refractivity (Wildman–Crippen MR) is 105 cm³/mol. The normalized spacial score (nSPS) is 15.3. The number of benzene rings is 1. The highest BCUT2D eigenvalue weighted by atomic mass is 32.1. The van der Waals surface area contributed by atoms with Gasteiger partial charge in [-0.05, 0) is 31.5 Å². The van der Waals surface area contributed by atoms with Crippen LogP contribution in [0.15, 0.2) is 35.1 Å². The molecule has 1 N–H and O–H groups in total. The molecule has 1 aromatic carbocycles. The van der Waals surface area contributed by atoms with Gasteiger partial charge in [-0.3, -0.25) is 4.79 Å². The lowest BCUT2D eigenvalue weighted by atomic mass is 10.3. The van der Waals surface area contributed by atoms with Crippen molar-refractivity contribution in [3.8, 4) is 5.75 Å². The zero-order valence-electron chi connectivity index (χ0n) is 14.6. The fourth-order valence-corrected chi connectivity index (χ4v) is 4.20. The zero-order chi connectivity index (χ0) is 17.9. The predicted octanol–water partition coefficient (Wildman–Crippen LogP) is 2.50. The lowest BCUT2D eigenvalue weighted by Crippen LogP contribution is -2.31. The second kappa shape index (κ2) is 7.33. The molecule has 0 amide bonds. The maximum absolute atomic E-state index is 11.2. The van der Waals surface area contributed by atoms with Crippen LogP contribution in [0, 0.1) is 0 Å². The third kappa shape index (κ3) is 3.37. The van der Waals surface area contributed by atoms with Crippen LogP contribution in [0.5, 0.6) is 5.75 Å². The van der Waals surface area contributed by atoms with Crippen molar-refractivity contribution in [2.45, 2.75) is 13.3 Å². The van der Waals surface area contributed by atoms with Gasteiger partial charge >= 0.3 is 0 Å². The number of para-hydroxylation sites is 1. The Labute approximate surface area is 155 Å². The van der Waals surface area contributed by atoms with Crippen LogP contribution in [0.2, 0.25) is 0 Å². The van der Waals surface area contributed by atoms with Crippen molar-refractivity contribution in [1.29, 1.82) is 0 Å². The van der Waals surface area contributed by atoms with E-state index < -0.39 is 0 Å². The standard InChI is InChI=1S/C18H21N5O2S/c1-2-25-13-5-3-6-14-17(13)19-18(26-14)23-10-4-9-22(11-12-23)15-7-8-16(24)21-20-15/h3,5-8H,2,4,9-12H2,1H3,(H,21,24). The molecule has 4 rings (SSSR count).